The van der Waals surface area contributed by atoms with Crippen LogP contribution in [0.4, 0.5) is 5.69 Å². The van der Waals surface area contributed by atoms with Gasteiger partial charge in [0.15, 0.2) is 5.96 Å². The first-order valence-corrected chi connectivity index (χ1v) is 8.57. The van der Waals surface area contributed by atoms with Crippen LogP contribution in [0, 0.1) is 0 Å². The summed E-state index contributed by atoms with van der Waals surface area (Å²) in [5.41, 5.74) is 12.1. The highest BCUT2D eigenvalue weighted by atomic mass is 15.3. The second-order valence-electron chi connectivity index (χ2n) is 6.39. The Bertz CT molecular complexity index is 712. The minimum absolute atomic E-state index is 0.595. The summed E-state index contributed by atoms with van der Waals surface area (Å²) in [6.07, 6.45) is 11.0. The molecule has 24 heavy (non-hydrogen) atoms. The van der Waals surface area contributed by atoms with E-state index in [1.165, 1.54) is 16.7 Å². The van der Waals surface area contributed by atoms with Crippen LogP contribution >= 0.6 is 0 Å². The summed E-state index contributed by atoms with van der Waals surface area (Å²) in [6.45, 7) is 5.61. The summed E-state index contributed by atoms with van der Waals surface area (Å²) >= 11 is 0. The number of hydrogen-bond donors (Lipinski definition) is 2. The van der Waals surface area contributed by atoms with Crippen LogP contribution in [0.5, 0.6) is 0 Å². The zero-order chi connectivity index (χ0) is 16.9. The first kappa shape index (κ1) is 16.4. The Morgan fingerprint density at radius 2 is 2.25 bits per heavy atom. The molecule has 0 fully saturated rings. The van der Waals surface area contributed by atoms with Crippen LogP contribution in [0.25, 0.3) is 0 Å². The largest absolute Gasteiger partial charge is 0.392 e. The molecule has 1 aromatic carbocycles. The summed E-state index contributed by atoms with van der Waals surface area (Å²) in [5.74, 6) is 0.595. The van der Waals surface area contributed by atoms with Gasteiger partial charge >= 0.3 is 0 Å². The lowest BCUT2D eigenvalue weighted by atomic mass is 9.97. The Morgan fingerprint density at radius 1 is 1.38 bits per heavy atom. The molecule has 3 rings (SSSR count). The number of benzene rings is 1. The number of nitrogens with zero attached hydrogens (tertiary/aromatic N) is 2. The molecular formula is C20H26N4. The number of hydrogen-bond acceptors (Lipinski definition) is 4. The molecule has 1 heterocycles. The van der Waals surface area contributed by atoms with Gasteiger partial charge in [-0.05, 0) is 42.0 Å². The first-order valence-electron chi connectivity index (χ1n) is 8.57. The third-order valence-electron chi connectivity index (χ3n) is 4.58. The molecule has 0 aromatic heterocycles. The van der Waals surface area contributed by atoms with Crippen molar-refractivity contribution in [2.75, 3.05) is 13.6 Å². The van der Waals surface area contributed by atoms with Crippen LogP contribution in [0.1, 0.15) is 30.4 Å². The highest BCUT2D eigenvalue weighted by molar-refractivity contribution is 5.83. The first-order chi connectivity index (χ1) is 11.7. The standard InChI is InChI=1S/C20H26N4/c1-15(22-2)10-11-24-14-18-13-17(8-9-19(18)23-20(24)21)12-16-6-4-3-5-7-16/h4,6-9,13,22H,1,3,5,10-12,14H2,2H3,(H2,21,23). The highest BCUT2D eigenvalue weighted by Crippen LogP contribution is 2.28. The average Bonchev–Trinajstić information content (AvgIpc) is 2.60. The quantitative estimate of drug-likeness (QED) is 0.844. The zero-order valence-electron chi connectivity index (χ0n) is 14.4. The van der Waals surface area contributed by atoms with Gasteiger partial charge in [-0.2, -0.15) is 0 Å². The highest BCUT2D eigenvalue weighted by Gasteiger charge is 2.18. The lowest BCUT2D eigenvalue weighted by Crippen LogP contribution is -2.39. The number of guanidine groups is 1. The molecule has 4 nitrogen and oxygen atoms in total. The molecule has 0 amide bonds. The van der Waals surface area contributed by atoms with Gasteiger partial charge in [-0.15, -0.1) is 0 Å². The van der Waals surface area contributed by atoms with Crippen molar-refractivity contribution in [1.82, 2.24) is 10.2 Å². The lowest BCUT2D eigenvalue weighted by Gasteiger charge is -2.28. The maximum atomic E-state index is 6.12. The second-order valence-corrected chi connectivity index (χ2v) is 6.39. The van der Waals surface area contributed by atoms with E-state index in [1.54, 1.807) is 0 Å². The van der Waals surface area contributed by atoms with E-state index in [0.29, 0.717) is 5.96 Å². The van der Waals surface area contributed by atoms with Crippen molar-refractivity contribution >= 4 is 11.6 Å². The summed E-state index contributed by atoms with van der Waals surface area (Å²) in [4.78, 5) is 6.68. The molecule has 126 valence electrons. The second kappa shape index (κ2) is 7.39. The molecule has 0 unspecified atom stereocenters. The molecular weight excluding hydrogens is 296 g/mol. The van der Waals surface area contributed by atoms with Crippen LogP contribution in [0.15, 0.2) is 59.3 Å². The number of allylic oxidation sites excluding steroid dienone is 4. The third-order valence-corrected chi connectivity index (χ3v) is 4.58. The van der Waals surface area contributed by atoms with Crippen molar-refractivity contribution < 1.29 is 0 Å². The van der Waals surface area contributed by atoms with Crippen molar-refractivity contribution in [2.45, 2.75) is 32.2 Å². The molecule has 1 aliphatic heterocycles. The van der Waals surface area contributed by atoms with E-state index < -0.39 is 0 Å². The van der Waals surface area contributed by atoms with Gasteiger partial charge in [0.25, 0.3) is 0 Å². The molecule has 2 aliphatic rings. The monoisotopic (exact) mass is 322 g/mol. The van der Waals surface area contributed by atoms with Gasteiger partial charge in [0.2, 0.25) is 0 Å². The average molecular weight is 322 g/mol. The maximum absolute atomic E-state index is 6.12. The van der Waals surface area contributed by atoms with Crippen molar-refractivity contribution in [2.24, 2.45) is 10.7 Å². The molecule has 0 saturated carbocycles. The van der Waals surface area contributed by atoms with E-state index in [9.17, 15) is 0 Å². The molecule has 0 spiro atoms. The Labute approximate surface area is 144 Å². The maximum Gasteiger partial charge on any atom is 0.196 e. The number of nitrogens with one attached hydrogen (secondary N) is 1. The molecule has 0 saturated heterocycles. The Kier molecular flexibility index (Phi) is 5.04. The van der Waals surface area contributed by atoms with Gasteiger partial charge in [-0.3, -0.25) is 0 Å². The van der Waals surface area contributed by atoms with Crippen LogP contribution in [0.3, 0.4) is 0 Å². The predicted molar refractivity (Wildman–Crippen MR) is 101 cm³/mol. The summed E-state index contributed by atoms with van der Waals surface area (Å²) in [7, 11) is 1.89. The van der Waals surface area contributed by atoms with Gasteiger partial charge in [0.1, 0.15) is 0 Å². The summed E-state index contributed by atoms with van der Waals surface area (Å²) < 4.78 is 0. The number of rotatable bonds is 6. The van der Waals surface area contributed by atoms with E-state index in [-0.39, 0.29) is 0 Å². The van der Waals surface area contributed by atoms with E-state index in [1.807, 2.05) is 7.05 Å². The van der Waals surface area contributed by atoms with Crippen LogP contribution < -0.4 is 11.1 Å². The molecule has 0 radical (unpaired) electrons. The molecule has 1 aliphatic carbocycles. The van der Waals surface area contributed by atoms with Crippen molar-refractivity contribution in [1.29, 1.82) is 0 Å². The molecule has 0 atom stereocenters. The van der Waals surface area contributed by atoms with Gasteiger partial charge in [0, 0.05) is 32.3 Å². The van der Waals surface area contributed by atoms with Crippen LogP contribution in [0.2, 0.25) is 0 Å². The van der Waals surface area contributed by atoms with Gasteiger partial charge in [-0.1, -0.05) is 36.9 Å². The smallest absolute Gasteiger partial charge is 0.196 e. The lowest BCUT2D eigenvalue weighted by molar-refractivity contribution is 0.403. The summed E-state index contributed by atoms with van der Waals surface area (Å²) in [5, 5.41) is 3.08. The normalized spacial score (nSPS) is 16.3. The van der Waals surface area contributed by atoms with E-state index in [2.05, 4.69) is 58.2 Å². The molecule has 3 N–H and O–H groups in total. The van der Waals surface area contributed by atoms with Crippen molar-refractivity contribution in [3.05, 3.63) is 65.4 Å². The number of aliphatic imine (C=N–C) groups is 1. The van der Waals surface area contributed by atoms with Gasteiger partial charge in [-0.25, -0.2) is 4.99 Å². The van der Waals surface area contributed by atoms with Crippen molar-refractivity contribution in [3.8, 4) is 0 Å². The molecule has 1 aromatic rings. The van der Waals surface area contributed by atoms with Gasteiger partial charge < -0.3 is 16.0 Å². The SMILES string of the molecule is C=C(CCN1Cc2cc(CC3=CCCC=C3)ccc2N=C1N)NC. The fraction of sp³-hybridized carbons (Fsp3) is 0.350. The van der Waals surface area contributed by atoms with Crippen LogP contribution in [-0.2, 0) is 13.0 Å². The van der Waals surface area contributed by atoms with E-state index in [4.69, 9.17) is 5.73 Å². The molecule has 0 bridgehead atoms. The topological polar surface area (TPSA) is 53.6 Å². The fourth-order valence-corrected chi connectivity index (χ4v) is 3.09. The third kappa shape index (κ3) is 3.88. The predicted octanol–water partition coefficient (Wildman–Crippen LogP) is 3.39. The Balaban J connectivity index is 1.72. The van der Waals surface area contributed by atoms with E-state index in [0.717, 1.165) is 50.2 Å². The Morgan fingerprint density at radius 3 is 3.00 bits per heavy atom. The van der Waals surface area contributed by atoms with Crippen LogP contribution in [-0.4, -0.2) is 24.5 Å². The summed E-state index contributed by atoms with van der Waals surface area (Å²) in [6, 6.07) is 6.53. The number of nitrogens with two attached hydrogens (primary N) is 1. The molecule has 4 heteroatoms. The zero-order valence-corrected chi connectivity index (χ0v) is 14.4. The number of fused-ring (bicyclic) bond motifs is 1. The Hall–Kier alpha value is -2.49. The van der Waals surface area contributed by atoms with E-state index >= 15 is 0 Å². The van der Waals surface area contributed by atoms with Gasteiger partial charge in [0.05, 0.1) is 5.69 Å². The minimum atomic E-state index is 0.595. The minimum Gasteiger partial charge on any atom is -0.392 e. The fourth-order valence-electron chi connectivity index (χ4n) is 3.09. The van der Waals surface area contributed by atoms with Crippen molar-refractivity contribution in [3.63, 3.8) is 0 Å².